The van der Waals surface area contributed by atoms with Crippen LogP contribution >= 0.6 is 0 Å². The van der Waals surface area contributed by atoms with E-state index in [2.05, 4.69) is 57.2 Å². The van der Waals surface area contributed by atoms with Crippen LogP contribution in [0.15, 0.2) is 47.6 Å². The van der Waals surface area contributed by atoms with Crippen LogP contribution in [-0.4, -0.2) is 0 Å². The van der Waals surface area contributed by atoms with Gasteiger partial charge in [-0.25, -0.2) is 0 Å². The standard InChI is InChI=1S/C15H22/c1-13(2)11-12-15-10-8-6-4-5-7-9-14(15)3/h4,6,8-11,15H,5,7,12H2,1-3H3. The molecule has 0 N–H and O–H groups in total. The quantitative estimate of drug-likeness (QED) is 0.564. The van der Waals surface area contributed by atoms with Crippen molar-refractivity contribution in [3.63, 3.8) is 0 Å². The lowest BCUT2D eigenvalue weighted by atomic mass is 9.94. The first-order valence-corrected chi connectivity index (χ1v) is 5.83. The number of allylic oxidation sites excluding steroid dienone is 8. The summed E-state index contributed by atoms with van der Waals surface area (Å²) in [5.74, 6) is 0.586. The molecule has 0 heterocycles. The van der Waals surface area contributed by atoms with Crippen molar-refractivity contribution in [1.82, 2.24) is 0 Å². The highest BCUT2D eigenvalue weighted by Crippen LogP contribution is 2.20. The molecule has 0 nitrogen and oxygen atoms in total. The molecule has 0 heteroatoms. The van der Waals surface area contributed by atoms with Gasteiger partial charge in [0, 0.05) is 5.92 Å². The van der Waals surface area contributed by atoms with Crippen LogP contribution in [0.3, 0.4) is 0 Å². The molecule has 0 fully saturated rings. The monoisotopic (exact) mass is 202 g/mol. The fourth-order valence-corrected chi connectivity index (χ4v) is 1.71. The van der Waals surface area contributed by atoms with Gasteiger partial charge in [0.1, 0.15) is 0 Å². The lowest BCUT2D eigenvalue weighted by Gasteiger charge is -2.11. The molecule has 0 aromatic heterocycles. The maximum absolute atomic E-state index is 2.38. The van der Waals surface area contributed by atoms with Crippen molar-refractivity contribution in [3.8, 4) is 0 Å². The molecule has 0 aromatic rings. The van der Waals surface area contributed by atoms with E-state index in [0.29, 0.717) is 5.92 Å². The molecule has 0 aromatic carbocycles. The summed E-state index contributed by atoms with van der Waals surface area (Å²) in [7, 11) is 0. The molecular formula is C15H22. The third-order valence-corrected chi connectivity index (χ3v) is 2.76. The van der Waals surface area contributed by atoms with E-state index in [1.165, 1.54) is 17.6 Å². The lowest BCUT2D eigenvalue weighted by molar-refractivity contribution is 0.763. The van der Waals surface area contributed by atoms with Gasteiger partial charge in [-0.1, -0.05) is 47.6 Å². The topological polar surface area (TPSA) is 0 Å². The summed E-state index contributed by atoms with van der Waals surface area (Å²) < 4.78 is 0. The smallest absolute Gasteiger partial charge is 0.00117 e. The number of hydrogen-bond donors (Lipinski definition) is 0. The molecule has 1 aliphatic rings. The van der Waals surface area contributed by atoms with Crippen LogP contribution in [0.25, 0.3) is 0 Å². The second-order valence-corrected chi connectivity index (χ2v) is 4.46. The third-order valence-electron chi connectivity index (χ3n) is 2.76. The molecule has 0 saturated heterocycles. The fraction of sp³-hybridized carbons (Fsp3) is 0.467. The van der Waals surface area contributed by atoms with Gasteiger partial charge in [0.15, 0.2) is 0 Å². The van der Waals surface area contributed by atoms with Crippen LogP contribution in [0.4, 0.5) is 0 Å². The van der Waals surface area contributed by atoms with Crippen LogP contribution in [0, 0.1) is 5.92 Å². The minimum Gasteiger partial charge on any atom is -0.0850 e. The molecule has 1 unspecified atom stereocenters. The predicted molar refractivity (Wildman–Crippen MR) is 68.8 cm³/mol. The Labute approximate surface area is 94.1 Å². The van der Waals surface area contributed by atoms with Crippen molar-refractivity contribution in [1.29, 1.82) is 0 Å². The van der Waals surface area contributed by atoms with Gasteiger partial charge in [-0.3, -0.25) is 0 Å². The van der Waals surface area contributed by atoms with Gasteiger partial charge in [0.2, 0.25) is 0 Å². The highest BCUT2D eigenvalue weighted by Gasteiger charge is 2.05. The van der Waals surface area contributed by atoms with Crippen molar-refractivity contribution in [3.05, 3.63) is 47.6 Å². The average Bonchev–Trinajstić information content (AvgIpc) is 2.28. The molecule has 0 amide bonds. The molecule has 1 aliphatic carbocycles. The van der Waals surface area contributed by atoms with Crippen molar-refractivity contribution in [2.75, 3.05) is 0 Å². The maximum Gasteiger partial charge on any atom is 0.00117 e. The maximum atomic E-state index is 2.38. The molecule has 82 valence electrons. The van der Waals surface area contributed by atoms with Gasteiger partial charge in [-0.2, -0.15) is 0 Å². The van der Waals surface area contributed by atoms with E-state index < -0.39 is 0 Å². The highest BCUT2D eigenvalue weighted by molar-refractivity contribution is 5.18. The Morgan fingerprint density at radius 2 is 2.13 bits per heavy atom. The summed E-state index contributed by atoms with van der Waals surface area (Å²) >= 11 is 0. The first kappa shape index (κ1) is 12.0. The van der Waals surface area contributed by atoms with E-state index in [0.717, 1.165) is 12.8 Å². The van der Waals surface area contributed by atoms with E-state index in [1.807, 2.05) is 0 Å². The Morgan fingerprint density at radius 3 is 2.87 bits per heavy atom. The zero-order valence-electron chi connectivity index (χ0n) is 10.2. The predicted octanol–water partition coefficient (Wildman–Crippen LogP) is 4.81. The Hall–Kier alpha value is -1.04. The highest BCUT2D eigenvalue weighted by atomic mass is 14.1. The van der Waals surface area contributed by atoms with Crippen LogP contribution in [0.1, 0.15) is 40.0 Å². The van der Waals surface area contributed by atoms with E-state index in [4.69, 9.17) is 0 Å². The van der Waals surface area contributed by atoms with Crippen LogP contribution in [0.5, 0.6) is 0 Å². The second-order valence-electron chi connectivity index (χ2n) is 4.46. The number of hydrogen-bond acceptors (Lipinski definition) is 0. The zero-order chi connectivity index (χ0) is 11.1. The molecule has 1 atom stereocenters. The van der Waals surface area contributed by atoms with E-state index >= 15 is 0 Å². The Balaban J connectivity index is 2.71. The third kappa shape index (κ3) is 4.83. The van der Waals surface area contributed by atoms with Crippen molar-refractivity contribution < 1.29 is 0 Å². The van der Waals surface area contributed by atoms with E-state index in [9.17, 15) is 0 Å². The van der Waals surface area contributed by atoms with Crippen molar-refractivity contribution in [2.45, 2.75) is 40.0 Å². The summed E-state index contributed by atoms with van der Waals surface area (Å²) in [5, 5.41) is 0. The van der Waals surface area contributed by atoms with Gasteiger partial charge in [-0.15, -0.1) is 0 Å². The first-order chi connectivity index (χ1) is 7.20. The minimum atomic E-state index is 0.586. The van der Waals surface area contributed by atoms with Crippen molar-refractivity contribution >= 4 is 0 Å². The summed E-state index contributed by atoms with van der Waals surface area (Å²) in [6, 6.07) is 0. The van der Waals surface area contributed by atoms with Crippen molar-refractivity contribution in [2.24, 2.45) is 5.92 Å². The first-order valence-electron chi connectivity index (χ1n) is 5.83. The lowest BCUT2D eigenvalue weighted by Crippen LogP contribution is -1.97. The second kappa shape index (κ2) is 6.44. The molecule has 15 heavy (non-hydrogen) atoms. The van der Waals surface area contributed by atoms with E-state index in [1.54, 1.807) is 0 Å². The summed E-state index contributed by atoms with van der Waals surface area (Å²) in [5.41, 5.74) is 2.92. The summed E-state index contributed by atoms with van der Waals surface area (Å²) in [6.45, 7) is 6.58. The van der Waals surface area contributed by atoms with Gasteiger partial charge in [0.05, 0.1) is 0 Å². The van der Waals surface area contributed by atoms with Crippen LogP contribution < -0.4 is 0 Å². The molecular weight excluding hydrogens is 180 g/mol. The van der Waals surface area contributed by atoms with Gasteiger partial charge in [-0.05, 0) is 40.0 Å². The molecule has 0 aliphatic heterocycles. The Kier molecular flexibility index (Phi) is 5.17. The van der Waals surface area contributed by atoms with Gasteiger partial charge < -0.3 is 0 Å². The molecule has 0 bridgehead atoms. The van der Waals surface area contributed by atoms with Crippen LogP contribution in [-0.2, 0) is 0 Å². The van der Waals surface area contributed by atoms with Crippen LogP contribution in [0.2, 0.25) is 0 Å². The summed E-state index contributed by atoms with van der Waals surface area (Å²) in [6.07, 6.45) is 17.1. The molecule has 0 saturated carbocycles. The minimum absolute atomic E-state index is 0.586. The molecule has 0 spiro atoms. The van der Waals surface area contributed by atoms with E-state index in [-0.39, 0.29) is 0 Å². The molecule has 0 radical (unpaired) electrons. The zero-order valence-corrected chi connectivity index (χ0v) is 10.2. The fourth-order valence-electron chi connectivity index (χ4n) is 1.71. The SMILES string of the molecule is CC(C)=CCC1C=CC=CCCC=C1C. The average molecular weight is 202 g/mol. The number of rotatable bonds is 2. The molecule has 1 rings (SSSR count). The van der Waals surface area contributed by atoms with Gasteiger partial charge in [0.25, 0.3) is 0 Å². The Morgan fingerprint density at radius 1 is 1.33 bits per heavy atom. The van der Waals surface area contributed by atoms with Gasteiger partial charge >= 0.3 is 0 Å². The largest absolute Gasteiger partial charge is 0.0850 e. The summed E-state index contributed by atoms with van der Waals surface area (Å²) in [4.78, 5) is 0. The Bertz CT molecular complexity index is 296. The normalized spacial score (nSPS) is 21.3.